The van der Waals surface area contributed by atoms with Crippen LogP contribution in [0, 0.1) is 11.7 Å². The van der Waals surface area contributed by atoms with Crippen LogP contribution in [0.5, 0.6) is 0 Å². The second kappa shape index (κ2) is 7.01. The molecule has 2 rings (SSSR count). The minimum absolute atomic E-state index is 0.0784. The molecule has 1 aliphatic carbocycles. The zero-order valence-electron chi connectivity index (χ0n) is 11.5. The van der Waals surface area contributed by atoms with Crippen molar-refractivity contribution in [2.75, 3.05) is 13.7 Å². The van der Waals surface area contributed by atoms with E-state index >= 15 is 0 Å². The van der Waals surface area contributed by atoms with Gasteiger partial charge in [0, 0.05) is 7.11 Å². The third-order valence-corrected chi connectivity index (χ3v) is 4.16. The Kier molecular flexibility index (Phi) is 5.34. The third-order valence-electron chi connectivity index (χ3n) is 4.16. The van der Waals surface area contributed by atoms with Gasteiger partial charge in [0.1, 0.15) is 5.82 Å². The topological polar surface area (TPSA) is 29.5 Å². The third kappa shape index (κ3) is 4.02. The standard InChI is InChI=1S/C16H23FO2/c1-19-11-14(18)10-12-6-8-13(9-7-12)15-4-2-3-5-16(15)17/h2-5,12-14,18H,6-11H2,1H3. The van der Waals surface area contributed by atoms with Crippen molar-refractivity contribution >= 4 is 0 Å². The molecule has 0 aromatic heterocycles. The Hall–Kier alpha value is -0.930. The number of halogens is 1. The molecule has 1 saturated carbocycles. The maximum atomic E-state index is 13.7. The Morgan fingerprint density at radius 2 is 1.95 bits per heavy atom. The molecule has 0 aliphatic heterocycles. The second-order valence-corrected chi connectivity index (χ2v) is 5.58. The van der Waals surface area contributed by atoms with Gasteiger partial charge in [-0.3, -0.25) is 0 Å². The molecule has 1 aromatic carbocycles. The highest BCUT2D eigenvalue weighted by atomic mass is 19.1. The average molecular weight is 266 g/mol. The lowest BCUT2D eigenvalue weighted by atomic mass is 9.77. The molecule has 1 atom stereocenters. The summed E-state index contributed by atoms with van der Waals surface area (Å²) in [6.45, 7) is 0.410. The number of ether oxygens (including phenoxy) is 1. The summed E-state index contributed by atoms with van der Waals surface area (Å²) in [5, 5.41) is 9.74. The van der Waals surface area contributed by atoms with Crippen LogP contribution in [-0.2, 0) is 4.74 Å². The molecule has 0 saturated heterocycles. The van der Waals surface area contributed by atoms with Gasteiger partial charge in [-0.15, -0.1) is 0 Å². The monoisotopic (exact) mass is 266 g/mol. The Bertz CT molecular complexity index is 386. The van der Waals surface area contributed by atoms with E-state index in [1.54, 1.807) is 19.2 Å². The van der Waals surface area contributed by atoms with E-state index in [0.29, 0.717) is 18.4 Å². The Morgan fingerprint density at radius 3 is 2.58 bits per heavy atom. The quantitative estimate of drug-likeness (QED) is 0.884. The lowest BCUT2D eigenvalue weighted by Crippen LogP contribution is -2.22. The van der Waals surface area contributed by atoms with Crippen LogP contribution in [0.1, 0.15) is 43.6 Å². The molecule has 1 unspecified atom stereocenters. The number of rotatable bonds is 5. The largest absolute Gasteiger partial charge is 0.391 e. The summed E-state index contributed by atoms with van der Waals surface area (Å²) < 4.78 is 18.7. The smallest absolute Gasteiger partial charge is 0.126 e. The van der Waals surface area contributed by atoms with Gasteiger partial charge in [-0.1, -0.05) is 18.2 Å². The van der Waals surface area contributed by atoms with E-state index in [2.05, 4.69) is 0 Å². The van der Waals surface area contributed by atoms with Gasteiger partial charge < -0.3 is 9.84 Å². The fourth-order valence-corrected chi connectivity index (χ4v) is 3.16. The van der Waals surface area contributed by atoms with Gasteiger partial charge in [-0.25, -0.2) is 4.39 Å². The highest BCUT2D eigenvalue weighted by molar-refractivity contribution is 5.22. The van der Waals surface area contributed by atoms with Crippen molar-refractivity contribution < 1.29 is 14.2 Å². The minimum atomic E-state index is -0.361. The Labute approximate surface area is 114 Å². The van der Waals surface area contributed by atoms with Crippen LogP contribution in [0.25, 0.3) is 0 Å². The summed E-state index contributed by atoms with van der Waals surface area (Å²) in [5.74, 6) is 0.815. The summed E-state index contributed by atoms with van der Waals surface area (Å²) in [4.78, 5) is 0. The van der Waals surface area contributed by atoms with Crippen LogP contribution in [0.2, 0.25) is 0 Å². The second-order valence-electron chi connectivity index (χ2n) is 5.58. The van der Waals surface area contributed by atoms with E-state index in [1.807, 2.05) is 12.1 Å². The van der Waals surface area contributed by atoms with Crippen molar-refractivity contribution in [1.82, 2.24) is 0 Å². The first-order valence-electron chi connectivity index (χ1n) is 7.12. The molecule has 0 amide bonds. The molecule has 1 aromatic rings. The number of hydrogen-bond donors (Lipinski definition) is 1. The van der Waals surface area contributed by atoms with Gasteiger partial charge in [0.15, 0.2) is 0 Å². The molecule has 2 nitrogen and oxygen atoms in total. The molecular weight excluding hydrogens is 243 g/mol. The van der Waals surface area contributed by atoms with Crippen LogP contribution in [0.4, 0.5) is 4.39 Å². The summed E-state index contributed by atoms with van der Waals surface area (Å²) in [7, 11) is 1.61. The van der Waals surface area contributed by atoms with E-state index in [-0.39, 0.29) is 11.9 Å². The van der Waals surface area contributed by atoms with Crippen LogP contribution >= 0.6 is 0 Å². The summed E-state index contributed by atoms with van der Waals surface area (Å²) >= 11 is 0. The fraction of sp³-hybridized carbons (Fsp3) is 0.625. The number of aliphatic hydroxyl groups excluding tert-OH is 1. The Morgan fingerprint density at radius 1 is 1.26 bits per heavy atom. The van der Waals surface area contributed by atoms with E-state index < -0.39 is 0 Å². The molecule has 3 heteroatoms. The number of aliphatic hydroxyl groups is 1. The Balaban J connectivity index is 1.84. The first-order chi connectivity index (χ1) is 9.20. The van der Waals surface area contributed by atoms with Crippen LogP contribution in [0.15, 0.2) is 24.3 Å². The molecule has 19 heavy (non-hydrogen) atoms. The molecule has 1 fully saturated rings. The van der Waals surface area contributed by atoms with Gasteiger partial charge in [-0.2, -0.15) is 0 Å². The predicted molar refractivity (Wildman–Crippen MR) is 73.6 cm³/mol. The van der Waals surface area contributed by atoms with Crippen LogP contribution in [0.3, 0.4) is 0 Å². The number of methoxy groups -OCH3 is 1. The maximum Gasteiger partial charge on any atom is 0.126 e. The van der Waals surface area contributed by atoms with Gasteiger partial charge in [0.05, 0.1) is 12.7 Å². The molecule has 0 spiro atoms. The van der Waals surface area contributed by atoms with Gasteiger partial charge in [-0.05, 0) is 55.6 Å². The lowest BCUT2D eigenvalue weighted by molar-refractivity contribution is 0.0432. The van der Waals surface area contributed by atoms with E-state index in [4.69, 9.17) is 4.74 Å². The molecular formula is C16H23FO2. The first-order valence-corrected chi connectivity index (χ1v) is 7.12. The predicted octanol–water partition coefficient (Wildman–Crippen LogP) is 3.50. The average Bonchev–Trinajstić information content (AvgIpc) is 2.41. The van der Waals surface area contributed by atoms with Crippen molar-refractivity contribution in [3.8, 4) is 0 Å². The molecule has 1 aliphatic rings. The van der Waals surface area contributed by atoms with Gasteiger partial charge in [0.25, 0.3) is 0 Å². The minimum Gasteiger partial charge on any atom is -0.391 e. The maximum absolute atomic E-state index is 13.7. The number of benzene rings is 1. The molecule has 0 heterocycles. The molecule has 0 radical (unpaired) electrons. The number of hydrogen-bond acceptors (Lipinski definition) is 2. The summed E-state index contributed by atoms with van der Waals surface area (Å²) in [6, 6.07) is 7.10. The molecule has 0 bridgehead atoms. The van der Waals surface area contributed by atoms with Gasteiger partial charge >= 0.3 is 0 Å². The summed E-state index contributed by atoms with van der Waals surface area (Å²) in [5.41, 5.74) is 0.860. The zero-order chi connectivity index (χ0) is 13.7. The van der Waals surface area contributed by atoms with Crippen LogP contribution in [-0.4, -0.2) is 24.9 Å². The lowest BCUT2D eigenvalue weighted by Gasteiger charge is -2.30. The first kappa shape index (κ1) is 14.5. The van der Waals surface area contributed by atoms with Crippen molar-refractivity contribution in [3.05, 3.63) is 35.6 Å². The highest BCUT2D eigenvalue weighted by Crippen LogP contribution is 2.38. The molecule has 106 valence electrons. The zero-order valence-corrected chi connectivity index (χ0v) is 11.5. The van der Waals surface area contributed by atoms with Crippen LogP contribution < -0.4 is 0 Å². The normalized spacial score (nSPS) is 25.2. The highest BCUT2D eigenvalue weighted by Gasteiger charge is 2.25. The SMILES string of the molecule is COCC(O)CC1CCC(c2ccccc2F)CC1. The van der Waals surface area contributed by atoms with Gasteiger partial charge in [0.2, 0.25) is 0 Å². The summed E-state index contributed by atoms with van der Waals surface area (Å²) in [6.07, 6.45) is 4.62. The van der Waals surface area contributed by atoms with E-state index in [0.717, 1.165) is 37.7 Å². The molecule has 1 N–H and O–H groups in total. The van der Waals surface area contributed by atoms with E-state index in [9.17, 15) is 9.50 Å². The van der Waals surface area contributed by atoms with Crippen molar-refractivity contribution in [2.45, 2.75) is 44.1 Å². The van der Waals surface area contributed by atoms with Crippen molar-refractivity contribution in [1.29, 1.82) is 0 Å². The van der Waals surface area contributed by atoms with Crippen molar-refractivity contribution in [2.24, 2.45) is 5.92 Å². The van der Waals surface area contributed by atoms with Crippen molar-refractivity contribution in [3.63, 3.8) is 0 Å². The fourth-order valence-electron chi connectivity index (χ4n) is 3.16. The van der Waals surface area contributed by atoms with E-state index in [1.165, 1.54) is 0 Å².